The first-order chi connectivity index (χ1) is 28.1. The third kappa shape index (κ3) is 39.0. The van der Waals surface area contributed by atoms with Crippen LogP contribution < -0.4 is 5.11 Å². The average Bonchev–Trinajstić information content (AvgIpc) is 3.18. The summed E-state index contributed by atoms with van der Waals surface area (Å²) in [6, 6.07) is -0.728. The number of ether oxygens (including phenoxy) is 3. The Morgan fingerprint density at radius 2 is 0.966 bits per heavy atom. The molecule has 0 aromatic carbocycles. The summed E-state index contributed by atoms with van der Waals surface area (Å²) in [5.41, 5.74) is 0. The minimum Gasteiger partial charge on any atom is -0.544 e. The van der Waals surface area contributed by atoms with E-state index < -0.39 is 18.1 Å². The van der Waals surface area contributed by atoms with Gasteiger partial charge in [0.2, 0.25) is 0 Å². The van der Waals surface area contributed by atoms with E-state index in [2.05, 4.69) is 44.2 Å². The van der Waals surface area contributed by atoms with Gasteiger partial charge in [0.25, 0.3) is 0 Å². The third-order valence-corrected chi connectivity index (χ3v) is 10.9. The number of allylic oxidation sites excluding steroid dienone is 6. The molecule has 0 aliphatic rings. The van der Waals surface area contributed by atoms with E-state index in [4.69, 9.17) is 14.2 Å². The molecule has 0 aromatic heterocycles. The Morgan fingerprint density at radius 1 is 0.534 bits per heavy atom. The highest BCUT2D eigenvalue weighted by Gasteiger charge is 2.25. The molecule has 0 spiro atoms. The maximum Gasteiger partial charge on any atom is 0.306 e. The minimum absolute atomic E-state index is 0.0346. The number of aliphatic carboxylic acids is 1. The second-order valence-corrected chi connectivity index (χ2v) is 17.4. The van der Waals surface area contributed by atoms with Crippen LogP contribution >= 0.6 is 0 Å². The van der Waals surface area contributed by atoms with E-state index in [1.165, 1.54) is 116 Å². The lowest BCUT2D eigenvalue weighted by Crippen LogP contribution is -2.55. The zero-order valence-corrected chi connectivity index (χ0v) is 38.5. The van der Waals surface area contributed by atoms with Gasteiger partial charge < -0.3 is 28.6 Å². The van der Waals surface area contributed by atoms with Crippen molar-refractivity contribution >= 4 is 17.9 Å². The van der Waals surface area contributed by atoms with Gasteiger partial charge >= 0.3 is 11.9 Å². The first-order valence-electron chi connectivity index (χ1n) is 24.0. The fraction of sp³-hybridized carbons (Fsp3) is 0.820. The number of hydrogen-bond acceptors (Lipinski definition) is 7. The lowest BCUT2D eigenvalue weighted by atomic mass is 10.0. The SMILES string of the molecule is CC/C=C/C=C/C=C/CCCCCCCC(=O)OC(COCCC(C(=O)[O-])[N+](C)(C)C)COC(=O)CCCCCCCCCCCCCCCCCCCCCCC. The highest BCUT2D eigenvalue weighted by Crippen LogP contribution is 2.16. The summed E-state index contributed by atoms with van der Waals surface area (Å²) in [6.45, 7) is 4.53. The van der Waals surface area contributed by atoms with Gasteiger partial charge in [-0.25, -0.2) is 0 Å². The first kappa shape index (κ1) is 55.5. The van der Waals surface area contributed by atoms with Gasteiger partial charge in [0.1, 0.15) is 12.6 Å². The number of carbonyl (C=O) groups excluding carboxylic acids is 3. The molecule has 2 atom stereocenters. The van der Waals surface area contributed by atoms with E-state index in [-0.39, 0.29) is 42.7 Å². The third-order valence-electron chi connectivity index (χ3n) is 10.9. The second kappa shape index (κ2) is 41.3. The topological polar surface area (TPSA) is 102 Å². The van der Waals surface area contributed by atoms with Gasteiger partial charge in [-0.05, 0) is 32.1 Å². The monoisotopic (exact) mass is 818 g/mol. The molecule has 338 valence electrons. The number of unbranched alkanes of at least 4 members (excludes halogenated alkanes) is 25. The zero-order chi connectivity index (χ0) is 42.8. The quantitative estimate of drug-likeness (QED) is 0.0261. The van der Waals surface area contributed by atoms with Crippen LogP contribution in [0.15, 0.2) is 36.5 Å². The molecule has 0 aromatic rings. The summed E-state index contributed by atoms with van der Waals surface area (Å²) in [5, 5.41) is 11.6. The van der Waals surface area contributed by atoms with Crippen LogP contribution in [-0.4, -0.2) is 75.5 Å². The molecular weight excluding hydrogens is 727 g/mol. The van der Waals surface area contributed by atoms with Gasteiger partial charge in [0.15, 0.2) is 6.10 Å². The van der Waals surface area contributed by atoms with Crippen LogP contribution in [-0.2, 0) is 28.6 Å². The number of carboxylic acids is 1. The van der Waals surface area contributed by atoms with E-state index in [1.807, 2.05) is 6.08 Å². The number of quaternary nitrogens is 1. The van der Waals surface area contributed by atoms with Crippen molar-refractivity contribution < 1.29 is 38.2 Å². The van der Waals surface area contributed by atoms with E-state index in [0.29, 0.717) is 12.8 Å². The van der Waals surface area contributed by atoms with Crippen LogP contribution in [0.5, 0.6) is 0 Å². The van der Waals surface area contributed by atoms with Crippen molar-refractivity contribution in [1.82, 2.24) is 0 Å². The number of carboxylic acid groups (broad SMARTS) is 1. The molecule has 0 saturated carbocycles. The number of esters is 2. The maximum absolute atomic E-state index is 12.7. The molecule has 0 N–H and O–H groups in total. The molecule has 0 fully saturated rings. The van der Waals surface area contributed by atoms with Crippen molar-refractivity contribution in [3.05, 3.63) is 36.5 Å². The van der Waals surface area contributed by atoms with Crippen LogP contribution in [0.4, 0.5) is 0 Å². The molecule has 8 nitrogen and oxygen atoms in total. The Hall–Kier alpha value is -2.45. The van der Waals surface area contributed by atoms with Crippen LogP contribution in [0.25, 0.3) is 0 Å². The van der Waals surface area contributed by atoms with Crippen molar-refractivity contribution in [2.24, 2.45) is 0 Å². The van der Waals surface area contributed by atoms with Crippen molar-refractivity contribution in [3.8, 4) is 0 Å². The molecule has 0 saturated heterocycles. The van der Waals surface area contributed by atoms with Gasteiger partial charge in [-0.1, -0.05) is 198 Å². The summed E-state index contributed by atoms with van der Waals surface area (Å²) in [5.74, 6) is -1.75. The van der Waals surface area contributed by atoms with Crippen molar-refractivity contribution in [1.29, 1.82) is 0 Å². The zero-order valence-electron chi connectivity index (χ0n) is 38.5. The molecule has 0 heterocycles. The minimum atomic E-state index is -1.13. The Kier molecular flexibility index (Phi) is 39.5. The second-order valence-electron chi connectivity index (χ2n) is 17.4. The van der Waals surface area contributed by atoms with Gasteiger partial charge in [-0.3, -0.25) is 9.59 Å². The van der Waals surface area contributed by atoms with Gasteiger partial charge in [0.05, 0.1) is 40.3 Å². The molecule has 0 rings (SSSR count). The van der Waals surface area contributed by atoms with Crippen LogP contribution in [0.1, 0.15) is 213 Å². The fourth-order valence-electron chi connectivity index (χ4n) is 7.13. The molecule has 8 heteroatoms. The average molecular weight is 818 g/mol. The summed E-state index contributed by atoms with van der Waals surface area (Å²) in [4.78, 5) is 36.9. The fourth-order valence-corrected chi connectivity index (χ4v) is 7.13. The summed E-state index contributed by atoms with van der Waals surface area (Å²) in [7, 11) is 5.40. The number of nitrogens with zero attached hydrogens (tertiary/aromatic N) is 1. The largest absolute Gasteiger partial charge is 0.544 e. The Morgan fingerprint density at radius 3 is 1.41 bits per heavy atom. The van der Waals surface area contributed by atoms with Gasteiger partial charge in [-0.15, -0.1) is 0 Å². The molecule has 0 bridgehead atoms. The van der Waals surface area contributed by atoms with E-state index in [0.717, 1.165) is 64.2 Å². The molecule has 2 unspecified atom stereocenters. The predicted molar refractivity (Wildman–Crippen MR) is 240 cm³/mol. The van der Waals surface area contributed by atoms with Crippen LogP contribution in [0, 0.1) is 0 Å². The van der Waals surface area contributed by atoms with Crippen molar-refractivity contribution in [2.45, 2.75) is 225 Å². The molecule has 0 aliphatic heterocycles. The Labute approximate surface area is 357 Å². The van der Waals surface area contributed by atoms with Gasteiger partial charge in [0, 0.05) is 19.3 Å². The number of hydrogen-bond donors (Lipinski definition) is 0. The van der Waals surface area contributed by atoms with Crippen molar-refractivity contribution in [3.63, 3.8) is 0 Å². The molecule has 0 amide bonds. The molecule has 0 radical (unpaired) electrons. The molecule has 0 aliphatic carbocycles. The molecule has 58 heavy (non-hydrogen) atoms. The number of carbonyl (C=O) groups is 3. The van der Waals surface area contributed by atoms with E-state index in [9.17, 15) is 19.5 Å². The van der Waals surface area contributed by atoms with Crippen molar-refractivity contribution in [2.75, 3.05) is 41.0 Å². The highest BCUT2D eigenvalue weighted by atomic mass is 16.6. The predicted octanol–water partition coefficient (Wildman–Crippen LogP) is 12.1. The summed E-state index contributed by atoms with van der Waals surface area (Å²) < 4.78 is 17.2. The number of likely N-dealkylation sites (N-methyl/N-ethyl adjacent to an activating group) is 1. The number of rotatable bonds is 43. The summed E-state index contributed by atoms with van der Waals surface area (Å²) >= 11 is 0. The Bertz CT molecular complexity index is 1050. The van der Waals surface area contributed by atoms with Gasteiger partial charge in [-0.2, -0.15) is 0 Å². The van der Waals surface area contributed by atoms with Crippen LogP contribution in [0.2, 0.25) is 0 Å². The lowest BCUT2D eigenvalue weighted by Gasteiger charge is -2.34. The van der Waals surface area contributed by atoms with E-state index >= 15 is 0 Å². The summed E-state index contributed by atoms with van der Waals surface area (Å²) in [6.07, 6.45) is 47.5. The highest BCUT2D eigenvalue weighted by molar-refractivity contribution is 5.70. The smallest absolute Gasteiger partial charge is 0.306 e. The van der Waals surface area contributed by atoms with E-state index in [1.54, 1.807) is 21.1 Å². The Balaban J connectivity index is 4.21. The maximum atomic E-state index is 12.7. The molecular formula is C50H91NO7. The normalized spacial score (nSPS) is 13.2. The van der Waals surface area contributed by atoms with Crippen LogP contribution in [0.3, 0.4) is 0 Å². The first-order valence-corrected chi connectivity index (χ1v) is 24.0. The lowest BCUT2D eigenvalue weighted by molar-refractivity contribution is -0.889. The standard InChI is InChI=1S/C50H91NO7/c1-6-8-10-12-14-16-18-20-21-22-23-24-25-26-27-29-30-32-34-36-38-40-48(52)57-45-46(44-56-43-42-47(50(54)55)51(3,4)5)58-49(53)41-39-37-35-33-31-28-19-17-15-13-11-9-7-2/h9,11,13,15,17,19,46-47H,6-8,10,12,14,16,18,20-45H2,1-5H3/b11-9+,15-13+,19-17+.